The molecule has 2 unspecified atom stereocenters. The second-order valence-corrected chi connectivity index (χ2v) is 5.43. The molecule has 1 aromatic heterocycles. The van der Waals surface area contributed by atoms with Gasteiger partial charge in [-0.3, -0.25) is 4.68 Å². The summed E-state index contributed by atoms with van der Waals surface area (Å²) in [5.41, 5.74) is 3.96. The SMILES string of the molecule is Cc1ccc(C(C)NC(C)c2cnn(C)c2C)cc1F. The fraction of sp³-hybridized carbons (Fsp3) is 0.438. The lowest BCUT2D eigenvalue weighted by atomic mass is 10.0. The summed E-state index contributed by atoms with van der Waals surface area (Å²) in [4.78, 5) is 0. The molecule has 0 radical (unpaired) electrons. The van der Waals surface area contributed by atoms with E-state index in [1.807, 2.05) is 37.0 Å². The predicted octanol–water partition coefficient (Wildman–Crippen LogP) is 3.59. The molecule has 0 amide bonds. The Hall–Kier alpha value is -1.68. The van der Waals surface area contributed by atoms with Gasteiger partial charge in [0.1, 0.15) is 5.82 Å². The summed E-state index contributed by atoms with van der Waals surface area (Å²) in [7, 11) is 1.93. The molecule has 108 valence electrons. The van der Waals surface area contributed by atoms with Crippen molar-refractivity contribution in [1.82, 2.24) is 15.1 Å². The molecule has 0 spiro atoms. The summed E-state index contributed by atoms with van der Waals surface area (Å²) in [5.74, 6) is -0.152. The van der Waals surface area contributed by atoms with E-state index in [0.717, 1.165) is 11.3 Å². The van der Waals surface area contributed by atoms with Crippen molar-refractivity contribution in [2.24, 2.45) is 7.05 Å². The number of hydrogen-bond donors (Lipinski definition) is 1. The quantitative estimate of drug-likeness (QED) is 0.924. The zero-order valence-electron chi connectivity index (χ0n) is 12.7. The molecule has 4 heteroatoms. The first-order chi connectivity index (χ1) is 9.40. The van der Waals surface area contributed by atoms with Crippen LogP contribution in [0.5, 0.6) is 0 Å². The maximum Gasteiger partial charge on any atom is 0.126 e. The Kier molecular flexibility index (Phi) is 4.23. The smallest absolute Gasteiger partial charge is 0.126 e. The summed E-state index contributed by atoms with van der Waals surface area (Å²) >= 11 is 0. The lowest BCUT2D eigenvalue weighted by molar-refractivity contribution is 0.489. The molecule has 0 aliphatic carbocycles. The highest BCUT2D eigenvalue weighted by Crippen LogP contribution is 2.22. The Morgan fingerprint density at radius 3 is 2.45 bits per heavy atom. The number of nitrogens with one attached hydrogen (secondary N) is 1. The van der Waals surface area contributed by atoms with Crippen LogP contribution in [0, 0.1) is 19.7 Å². The van der Waals surface area contributed by atoms with Gasteiger partial charge < -0.3 is 5.32 Å². The third-order valence-electron chi connectivity index (χ3n) is 3.94. The van der Waals surface area contributed by atoms with Gasteiger partial charge in [-0.2, -0.15) is 5.10 Å². The maximum absolute atomic E-state index is 13.6. The summed E-state index contributed by atoms with van der Waals surface area (Å²) in [5, 5.41) is 7.75. The Morgan fingerprint density at radius 2 is 1.90 bits per heavy atom. The van der Waals surface area contributed by atoms with E-state index in [9.17, 15) is 4.39 Å². The molecule has 0 saturated carbocycles. The third-order valence-corrected chi connectivity index (χ3v) is 3.94. The lowest BCUT2D eigenvalue weighted by Gasteiger charge is -2.20. The summed E-state index contributed by atoms with van der Waals surface area (Å²) in [6.45, 7) is 7.98. The van der Waals surface area contributed by atoms with Crippen molar-refractivity contribution in [2.45, 2.75) is 39.8 Å². The largest absolute Gasteiger partial charge is 0.304 e. The monoisotopic (exact) mass is 275 g/mol. The number of nitrogens with zero attached hydrogens (tertiary/aromatic N) is 2. The molecule has 0 aliphatic heterocycles. The highest BCUT2D eigenvalue weighted by molar-refractivity contribution is 5.26. The molecule has 0 saturated heterocycles. The average Bonchev–Trinajstić information content (AvgIpc) is 2.73. The number of aromatic nitrogens is 2. The van der Waals surface area contributed by atoms with Crippen LogP contribution < -0.4 is 5.32 Å². The van der Waals surface area contributed by atoms with Crippen LogP contribution >= 0.6 is 0 Å². The molecule has 2 rings (SSSR count). The fourth-order valence-electron chi connectivity index (χ4n) is 2.38. The van der Waals surface area contributed by atoms with Crippen LogP contribution in [0.15, 0.2) is 24.4 Å². The predicted molar refractivity (Wildman–Crippen MR) is 79.0 cm³/mol. The minimum absolute atomic E-state index is 0.0831. The first-order valence-corrected chi connectivity index (χ1v) is 6.90. The number of hydrogen-bond acceptors (Lipinski definition) is 2. The maximum atomic E-state index is 13.6. The molecule has 2 aromatic rings. The Bertz CT molecular complexity index is 604. The molecular formula is C16H22FN3. The van der Waals surface area contributed by atoms with E-state index in [1.165, 1.54) is 5.56 Å². The van der Waals surface area contributed by atoms with E-state index in [0.29, 0.717) is 5.56 Å². The molecule has 0 bridgehead atoms. The van der Waals surface area contributed by atoms with E-state index in [-0.39, 0.29) is 17.9 Å². The zero-order chi connectivity index (χ0) is 14.9. The van der Waals surface area contributed by atoms with Crippen LogP contribution in [0.2, 0.25) is 0 Å². The van der Waals surface area contributed by atoms with Crippen molar-refractivity contribution in [2.75, 3.05) is 0 Å². The minimum Gasteiger partial charge on any atom is -0.304 e. The van der Waals surface area contributed by atoms with Crippen LogP contribution in [0.3, 0.4) is 0 Å². The van der Waals surface area contributed by atoms with Crippen LogP contribution in [0.4, 0.5) is 4.39 Å². The van der Waals surface area contributed by atoms with Crippen molar-refractivity contribution >= 4 is 0 Å². The van der Waals surface area contributed by atoms with Crippen LogP contribution in [-0.4, -0.2) is 9.78 Å². The molecule has 3 nitrogen and oxygen atoms in total. The van der Waals surface area contributed by atoms with Crippen LogP contribution in [0.1, 0.15) is 48.3 Å². The first-order valence-electron chi connectivity index (χ1n) is 6.90. The van der Waals surface area contributed by atoms with Crippen molar-refractivity contribution < 1.29 is 4.39 Å². The van der Waals surface area contributed by atoms with E-state index >= 15 is 0 Å². The Labute approximate surface area is 119 Å². The van der Waals surface area contributed by atoms with Crippen molar-refractivity contribution in [3.8, 4) is 0 Å². The van der Waals surface area contributed by atoms with Gasteiger partial charge in [0.25, 0.3) is 0 Å². The molecule has 1 aromatic carbocycles. The molecule has 1 heterocycles. The van der Waals surface area contributed by atoms with Gasteiger partial charge in [-0.05, 0) is 44.9 Å². The summed E-state index contributed by atoms with van der Waals surface area (Å²) < 4.78 is 15.5. The van der Waals surface area contributed by atoms with Gasteiger partial charge in [0.15, 0.2) is 0 Å². The van der Waals surface area contributed by atoms with E-state index < -0.39 is 0 Å². The number of halogens is 1. The molecule has 20 heavy (non-hydrogen) atoms. The molecular weight excluding hydrogens is 253 g/mol. The fourth-order valence-corrected chi connectivity index (χ4v) is 2.38. The van der Waals surface area contributed by atoms with E-state index in [4.69, 9.17) is 0 Å². The number of rotatable bonds is 4. The Balaban J connectivity index is 2.12. The number of aryl methyl sites for hydroxylation is 2. The van der Waals surface area contributed by atoms with Crippen molar-refractivity contribution in [3.05, 3.63) is 52.6 Å². The second-order valence-electron chi connectivity index (χ2n) is 5.43. The minimum atomic E-state index is -0.152. The summed E-state index contributed by atoms with van der Waals surface area (Å²) in [6.07, 6.45) is 1.88. The molecule has 0 aliphatic rings. The topological polar surface area (TPSA) is 29.9 Å². The molecule has 1 N–H and O–H groups in total. The van der Waals surface area contributed by atoms with E-state index in [2.05, 4.69) is 24.3 Å². The van der Waals surface area contributed by atoms with Gasteiger partial charge in [0.2, 0.25) is 0 Å². The standard InChI is InChI=1S/C16H22FN3/c1-10-6-7-14(8-16(10)17)11(2)19-12(3)15-9-18-20(5)13(15)4/h6-9,11-12,19H,1-5H3. The average molecular weight is 275 g/mol. The van der Waals surface area contributed by atoms with Crippen molar-refractivity contribution in [1.29, 1.82) is 0 Å². The van der Waals surface area contributed by atoms with Gasteiger partial charge in [0.05, 0.1) is 6.20 Å². The summed E-state index contributed by atoms with van der Waals surface area (Å²) in [6, 6.07) is 5.65. The second kappa shape index (κ2) is 5.75. The third kappa shape index (κ3) is 2.90. The van der Waals surface area contributed by atoms with Crippen LogP contribution in [-0.2, 0) is 7.05 Å². The highest BCUT2D eigenvalue weighted by atomic mass is 19.1. The Morgan fingerprint density at radius 1 is 1.20 bits per heavy atom. The van der Waals surface area contributed by atoms with Gasteiger partial charge in [-0.1, -0.05) is 12.1 Å². The van der Waals surface area contributed by atoms with Crippen molar-refractivity contribution in [3.63, 3.8) is 0 Å². The van der Waals surface area contributed by atoms with Gasteiger partial charge >= 0.3 is 0 Å². The van der Waals surface area contributed by atoms with Gasteiger partial charge in [-0.25, -0.2) is 4.39 Å². The van der Waals surface area contributed by atoms with Gasteiger partial charge in [-0.15, -0.1) is 0 Å². The normalized spacial score (nSPS) is 14.3. The highest BCUT2D eigenvalue weighted by Gasteiger charge is 2.15. The lowest BCUT2D eigenvalue weighted by Crippen LogP contribution is -2.23. The van der Waals surface area contributed by atoms with E-state index in [1.54, 1.807) is 13.0 Å². The number of benzene rings is 1. The van der Waals surface area contributed by atoms with Gasteiger partial charge in [0, 0.05) is 30.4 Å². The zero-order valence-corrected chi connectivity index (χ0v) is 12.7. The molecule has 2 atom stereocenters. The van der Waals surface area contributed by atoms with Crippen LogP contribution in [0.25, 0.3) is 0 Å². The first kappa shape index (κ1) is 14.7. The molecule has 0 fully saturated rings.